The summed E-state index contributed by atoms with van der Waals surface area (Å²) >= 11 is 0. The van der Waals surface area contributed by atoms with Crippen LogP contribution in [0.1, 0.15) is 12.8 Å². The molecule has 7 heteroatoms. The fourth-order valence-corrected chi connectivity index (χ4v) is 1.08. The Hall–Kier alpha value is -2.28. The number of rotatable bonds is 7. The molecule has 0 heterocycles. The molecule has 1 N–H and O–H groups in total. The second-order valence-electron chi connectivity index (χ2n) is 3.35. The van der Waals surface area contributed by atoms with Crippen LogP contribution in [0.3, 0.4) is 0 Å². The van der Waals surface area contributed by atoms with Crippen molar-refractivity contribution in [2.75, 3.05) is 6.61 Å². The summed E-state index contributed by atoms with van der Waals surface area (Å²) in [6.07, 6.45) is 0.968. The topological polar surface area (TPSA) is 107 Å². The van der Waals surface area contributed by atoms with Crippen molar-refractivity contribution >= 4 is 23.9 Å². The zero-order valence-corrected chi connectivity index (χ0v) is 10.2. The first-order chi connectivity index (χ1) is 8.94. The van der Waals surface area contributed by atoms with Gasteiger partial charge in [0.2, 0.25) is 0 Å². The van der Waals surface area contributed by atoms with E-state index in [2.05, 4.69) is 22.6 Å². The van der Waals surface area contributed by atoms with Gasteiger partial charge in [0.05, 0.1) is 12.3 Å². The van der Waals surface area contributed by atoms with Crippen molar-refractivity contribution in [1.29, 1.82) is 0 Å². The maximum absolute atomic E-state index is 11.5. The normalized spacial score (nSPS) is 11.0. The smallest absolute Gasteiger partial charge is 0.337 e. The van der Waals surface area contributed by atoms with Gasteiger partial charge in [-0.15, -0.1) is 0 Å². The maximum Gasteiger partial charge on any atom is 0.337 e. The molecule has 0 saturated heterocycles. The van der Waals surface area contributed by atoms with Crippen molar-refractivity contribution in [3.05, 3.63) is 25.3 Å². The molecule has 0 saturated carbocycles. The van der Waals surface area contributed by atoms with Crippen LogP contribution in [0.5, 0.6) is 0 Å². The van der Waals surface area contributed by atoms with Crippen LogP contribution < -0.4 is 0 Å². The van der Waals surface area contributed by atoms with Crippen molar-refractivity contribution in [2.24, 2.45) is 5.92 Å². The number of aliphatic hydroxyl groups is 1. The largest absolute Gasteiger partial charge is 0.396 e. The first-order valence-corrected chi connectivity index (χ1v) is 5.30. The van der Waals surface area contributed by atoms with E-state index in [9.17, 15) is 19.2 Å². The van der Waals surface area contributed by atoms with Gasteiger partial charge in [0, 0.05) is 18.8 Å². The third-order valence-electron chi connectivity index (χ3n) is 1.97. The number of hydrogen-bond donors (Lipinski definition) is 1. The Morgan fingerprint density at radius 1 is 1.05 bits per heavy atom. The highest BCUT2D eigenvalue weighted by molar-refractivity contribution is 5.95. The molecule has 0 bridgehead atoms. The molecule has 7 nitrogen and oxygen atoms in total. The van der Waals surface area contributed by atoms with Crippen LogP contribution >= 0.6 is 0 Å². The van der Waals surface area contributed by atoms with Gasteiger partial charge in [-0.05, 0) is 6.42 Å². The van der Waals surface area contributed by atoms with Gasteiger partial charge in [-0.3, -0.25) is 9.59 Å². The molecule has 0 rings (SSSR count). The van der Waals surface area contributed by atoms with Crippen LogP contribution in [0, 0.1) is 5.92 Å². The lowest BCUT2D eigenvalue weighted by molar-refractivity contribution is -0.165. The molecule has 0 amide bonds. The maximum atomic E-state index is 11.5. The fraction of sp³-hybridized carbons (Fsp3) is 0.333. The summed E-state index contributed by atoms with van der Waals surface area (Å²) in [5.41, 5.74) is 0. The average molecular weight is 270 g/mol. The quantitative estimate of drug-likeness (QED) is 0.390. The van der Waals surface area contributed by atoms with Crippen LogP contribution in [-0.2, 0) is 28.7 Å². The highest BCUT2D eigenvalue weighted by Crippen LogP contribution is 2.12. The summed E-state index contributed by atoms with van der Waals surface area (Å²) in [5, 5.41) is 8.77. The molecule has 0 aliphatic rings. The van der Waals surface area contributed by atoms with Crippen molar-refractivity contribution in [1.82, 2.24) is 0 Å². The van der Waals surface area contributed by atoms with Crippen LogP contribution in [0.15, 0.2) is 25.3 Å². The molecule has 1 atom stereocenters. The van der Waals surface area contributed by atoms with E-state index in [1.807, 2.05) is 0 Å². The van der Waals surface area contributed by atoms with Crippen LogP contribution in [0.25, 0.3) is 0 Å². The Balaban J connectivity index is 4.55. The molecule has 1 unspecified atom stereocenters. The fourth-order valence-electron chi connectivity index (χ4n) is 1.08. The third kappa shape index (κ3) is 6.89. The molecule has 0 aromatic heterocycles. The lowest BCUT2D eigenvalue weighted by atomic mass is 10.0. The molecule has 0 aliphatic heterocycles. The molecule has 0 aromatic rings. The van der Waals surface area contributed by atoms with E-state index in [1.165, 1.54) is 0 Å². The predicted molar refractivity (Wildman–Crippen MR) is 62.4 cm³/mol. The van der Waals surface area contributed by atoms with Crippen molar-refractivity contribution in [3.63, 3.8) is 0 Å². The van der Waals surface area contributed by atoms with Gasteiger partial charge in [0.1, 0.15) is 0 Å². The number of esters is 4. The van der Waals surface area contributed by atoms with Gasteiger partial charge in [-0.25, -0.2) is 9.59 Å². The van der Waals surface area contributed by atoms with Crippen molar-refractivity contribution in [3.8, 4) is 0 Å². The monoisotopic (exact) mass is 270 g/mol. The Kier molecular flexibility index (Phi) is 7.71. The van der Waals surface area contributed by atoms with E-state index in [0.29, 0.717) is 0 Å². The van der Waals surface area contributed by atoms with Crippen LogP contribution in [0.4, 0.5) is 0 Å². The van der Waals surface area contributed by atoms with Gasteiger partial charge in [0.25, 0.3) is 0 Å². The molecule has 0 radical (unpaired) electrons. The Morgan fingerprint density at radius 3 is 2.05 bits per heavy atom. The SMILES string of the molecule is C=CC(=O)OC(=O)CC(CCO)C(=O)OC(=O)C=C. The minimum Gasteiger partial charge on any atom is -0.396 e. The van der Waals surface area contributed by atoms with E-state index >= 15 is 0 Å². The molecule has 0 spiro atoms. The lowest BCUT2D eigenvalue weighted by Gasteiger charge is -2.12. The lowest BCUT2D eigenvalue weighted by Crippen LogP contribution is -2.25. The zero-order chi connectivity index (χ0) is 14.8. The van der Waals surface area contributed by atoms with E-state index in [-0.39, 0.29) is 6.42 Å². The van der Waals surface area contributed by atoms with Gasteiger partial charge in [-0.1, -0.05) is 13.2 Å². The predicted octanol–water partition coefficient (Wildman–Crippen LogP) is -0.113. The van der Waals surface area contributed by atoms with E-state index in [0.717, 1.165) is 12.2 Å². The number of aliphatic hydroxyl groups excluding tert-OH is 1. The molecule has 104 valence electrons. The summed E-state index contributed by atoms with van der Waals surface area (Å²) < 4.78 is 8.59. The van der Waals surface area contributed by atoms with E-state index in [1.54, 1.807) is 0 Å². The van der Waals surface area contributed by atoms with Gasteiger partial charge in [0.15, 0.2) is 0 Å². The first-order valence-electron chi connectivity index (χ1n) is 5.30. The minimum absolute atomic E-state index is 0.110. The molecule has 0 aromatic carbocycles. The molecule has 19 heavy (non-hydrogen) atoms. The Bertz CT molecular complexity index is 397. The second-order valence-corrected chi connectivity index (χ2v) is 3.35. The standard InChI is InChI=1S/C12H14O7/c1-3-9(14)18-11(16)7-8(5-6-13)12(17)19-10(15)4-2/h3-4,8,13H,1-2,5-7H2. The highest BCUT2D eigenvalue weighted by atomic mass is 16.6. The number of ether oxygens (including phenoxy) is 2. The first kappa shape index (κ1) is 16.7. The summed E-state index contributed by atoms with van der Waals surface area (Å²) in [6.45, 7) is 5.81. The van der Waals surface area contributed by atoms with Crippen LogP contribution in [-0.4, -0.2) is 35.6 Å². The molecular weight excluding hydrogens is 256 g/mol. The zero-order valence-electron chi connectivity index (χ0n) is 10.2. The van der Waals surface area contributed by atoms with Gasteiger partial charge >= 0.3 is 23.9 Å². The van der Waals surface area contributed by atoms with Gasteiger partial charge < -0.3 is 14.6 Å². The Labute approximate surface area is 109 Å². The summed E-state index contributed by atoms with van der Waals surface area (Å²) in [4.78, 5) is 44.3. The third-order valence-corrected chi connectivity index (χ3v) is 1.97. The van der Waals surface area contributed by atoms with Crippen LogP contribution in [0.2, 0.25) is 0 Å². The molecule has 0 fully saturated rings. The Morgan fingerprint density at radius 2 is 1.58 bits per heavy atom. The van der Waals surface area contributed by atoms with E-state index < -0.39 is 42.8 Å². The van der Waals surface area contributed by atoms with Crippen molar-refractivity contribution < 1.29 is 33.8 Å². The summed E-state index contributed by atoms with van der Waals surface area (Å²) in [6, 6.07) is 0. The summed E-state index contributed by atoms with van der Waals surface area (Å²) in [5.74, 6) is -4.99. The number of carbonyl (C=O) groups is 4. The number of carbonyl (C=O) groups excluding carboxylic acids is 4. The summed E-state index contributed by atoms with van der Waals surface area (Å²) in [7, 11) is 0. The van der Waals surface area contributed by atoms with Gasteiger partial charge in [-0.2, -0.15) is 0 Å². The second kappa shape index (κ2) is 8.76. The minimum atomic E-state index is -1.08. The number of hydrogen-bond acceptors (Lipinski definition) is 7. The average Bonchev–Trinajstić information content (AvgIpc) is 2.37. The molecule has 0 aliphatic carbocycles. The van der Waals surface area contributed by atoms with Crippen molar-refractivity contribution in [2.45, 2.75) is 12.8 Å². The highest BCUT2D eigenvalue weighted by Gasteiger charge is 2.26. The van der Waals surface area contributed by atoms with E-state index in [4.69, 9.17) is 5.11 Å². The molecular formula is C12H14O7.